The topological polar surface area (TPSA) is 127 Å². The fourth-order valence-corrected chi connectivity index (χ4v) is 4.48. The number of nitrogens with zero attached hydrogens (tertiary/aromatic N) is 2. The number of aryl methyl sites for hydroxylation is 2. The molecular weight excluding hydrogens is 496 g/mol. The molecule has 2 amide bonds. The first-order valence-corrected chi connectivity index (χ1v) is 12.5. The van der Waals surface area contributed by atoms with Crippen molar-refractivity contribution in [3.63, 3.8) is 0 Å². The van der Waals surface area contributed by atoms with Crippen molar-refractivity contribution in [1.82, 2.24) is 5.43 Å². The summed E-state index contributed by atoms with van der Waals surface area (Å²) in [5, 5.41) is 18.2. The lowest BCUT2D eigenvalue weighted by Crippen LogP contribution is -2.22. The van der Waals surface area contributed by atoms with E-state index in [4.69, 9.17) is 16.0 Å². The maximum Gasteiger partial charge on any atom is 0.291 e. The van der Waals surface area contributed by atoms with E-state index in [-0.39, 0.29) is 27.9 Å². The zero-order chi connectivity index (χ0) is 26.5. The van der Waals surface area contributed by atoms with Crippen molar-refractivity contribution in [2.45, 2.75) is 52.4 Å². The molecule has 2 N–H and O–H groups in total. The van der Waals surface area contributed by atoms with Gasteiger partial charge < -0.3 is 9.73 Å². The Morgan fingerprint density at radius 2 is 1.89 bits per heavy atom. The number of hydrogen-bond acceptors (Lipinski definition) is 6. The highest BCUT2D eigenvalue weighted by Crippen LogP contribution is 2.30. The minimum atomic E-state index is -0.652. The third-order valence-corrected chi connectivity index (χ3v) is 6.58. The van der Waals surface area contributed by atoms with Crippen molar-refractivity contribution in [2.75, 3.05) is 5.32 Å². The molecular formula is C27H27ClN4O5. The summed E-state index contributed by atoms with van der Waals surface area (Å²) in [6.45, 7) is 3.94. The van der Waals surface area contributed by atoms with E-state index >= 15 is 0 Å². The molecule has 192 valence electrons. The summed E-state index contributed by atoms with van der Waals surface area (Å²) in [5.41, 5.74) is 5.98. The lowest BCUT2D eigenvalue weighted by molar-refractivity contribution is -0.384. The number of nitro benzene ring substituents is 1. The number of hydrazone groups is 1. The normalized spacial score (nSPS) is 13.8. The molecule has 10 heteroatoms. The van der Waals surface area contributed by atoms with Gasteiger partial charge in [0.25, 0.3) is 17.5 Å². The Morgan fingerprint density at radius 3 is 2.59 bits per heavy atom. The molecule has 0 unspecified atom stereocenters. The highest BCUT2D eigenvalue weighted by molar-refractivity contribution is 6.32. The fourth-order valence-electron chi connectivity index (χ4n) is 4.30. The predicted octanol–water partition coefficient (Wildman–Crippen LogP) is 6.21. The minimum Gasteiger partial charge on any atom is -0.455 e. The first kappa shape index (κ1) is 26.1. The van der Waals surface area contributed by atoms with Gasteiger partial charge in [-0.1, -0.05) is 37.1 Å². The lowest BCUT2D eigenvalue weighted by Gasteiger charge is -2.13. The Kier molecular flexibility index (Phi) is 8.03. The van der Waals surface area contributed by atoms with Gasteiger partial charge in [-0.15, -0.1) is 0 Å². The number of halogens is 1. The van der Waals surface area contributed by atoms with Crippen LogP contribution in [0.4, 0.5) is 11.4 Å². The molecule has 0 aliphatic heterocycles. The van der Waals surface area contributed by atoms with E-state index in [0.717, 1.165) is 31.7 Å². The monoisotopic (exact) mass is 522 g/mol. The highest BCUT2D eigenvalue weighted by Gasteiger charge is 2.28. The molecule has 0 bridgehead atoms. The van der Waals surface area contributed by atoms with E-state index in [1.54, 1.807) is 6.92 Å². The SMILES string of the molecule is CCCCc1ccc(NC(=O)c2oc3c(c2C)/C(=N/NC(=O)c2ccc(Cl)c([N+](=O)[O-])c2)CCC3)cc1. The maximum atomic E-state index is 13.0. The second-order valence-electron chi connectivity index (χ2n) is 8.89. The van der Waals surface area contributed by atoms with Gasteiger partial charge in [-0.2, -0.15) is 5.10 Å². The number of nitrogens with one attached hydrogen (secondary N) is 2. The van der Waals surface area contributed by atoms with Crippen LogP contribution in [0.5, 0.6) is 0 Å². The highest BCUT2D eigenvalue weighted by atomic mass is 35.5. The van der Waals surface area contributed by atoms with Crippen molar-refractivity contribution in [2.24, 2.45) is 5.10 Å². The van der Waals surface area contributed by atoms with Crippen LogP contribution in [0.15, 0.2) is 52.0 Å². The molecule has 0 radical (unpaired) electrons. The lowest BCUT2D eigenvalue weighted by atomic mass is 9.93. The molecule has 0 spiro atoms. The first-order chi connectivity index (χ1) is 17.8. The second-order valence-corrected chi connectivity index (χ2v) is 9.29. The van der Waals surface area contributed by atoms with Gasteiger partial charge >= 0.3 is 0 Å². The summed E-state index contributed by atoms with van der Waals surface area (Å²) < 4.78 is 5.93. The van der Waals surface area contributed by atoms with Crippen LogP contribution < -0.4 is 10.7 Å². The maximum absolute atomic E-state index is 13.0. The van der Waals surface area contributed by atoms with Crippen LogP contribution in [0, 0.1) is 17.0 Å². The van der Waals surface area contributed by atoms with Gasteiger partial charge in [0.1, 0.15) is 10.8 Å². The van der Waals surface area contributed by atoms with Crippen LogP contribution in [0.25, 0.3) is 0 Å². The second kappa shape index (κ2) is 11.4. The van der Waals surface area contributed by atoms with Crippen molar-refractivity contribution in [1.29, 1.82) is 0 Å². The van der Waals surface area contributed by atoms with Crippen LogP contribution in [0.3, 0.4) is 0 Å². The Labute approximate surface area is 219 Å². The molecule has 1 aliphatic carbocycles. The predicted molar refractivity (Wildman–Crippen MR) is 141 cm³/mol. The number of anilines is 1. The molecule has 0 saturated heterocycles. The Hall–Kier alpha value is -3.98. The van der Waals surface area contributed by atoms with Crippen molar-refractivity contribution >= 4 is 40.5 Å². The molecule has 1 aromatic heterocycles. The molecule has 0 fully saturated rings. The number of carbonyl (C=O) groups excluding carboxylic acids is 2. The molecule has 1 aliphatic rings. The number of benzene rings is 2. The number of carbonyl (C=O) groups is 2. The Balaban J connectivity index is 1.51. The van der Waals surface area contributed by atoms with Gasteiger partial charge in [-0.3, -0.25) is 19.7 Å². The standard InChI is InChI=1S/C27H27ClN4O5/c1-3-4-6-17-9-12-19(13-10-17)29-27(34)25-16(2)24-21(7-5-8-23(24)37-25)30-31-26(33)18-11-14-20(28)22(15-18)32(35)36/h9-15H,3-8H2,1-2H3,(H,29,34)(H,31,33)/b30-21+. The van der Waals surface area contributed by atoms with Crippen LogP contribution in [0.2, 0.25) is 5.02 Å². The summed E-state index contributed by atoms with van der Waals surface area (Å²) in [5.74, 6) is -0.126. The molecule has 1 heterocycles. The quantitative estimate of drug-likeness (QED) is 0.268. The van der Waals surface area contributed by atoms with Crippen molar-refractivity contribution in [3.8, 4) is 0 Å². The zero-order valence-electron chi connectivity index (χ0n) is 20.6. The van der Waals surface area contributed by atoms with Gasteiger partial charge in [0, 0.05) is 34.9 Å². The van der Waals surface area contributed by atoms with Crippen LogP contribution in [0.1, 0.15) is 76.0 Å². The van der Waals surface area contributed by atoms with Gasteiger partial charge in [0.05, 0.1) is 10.6 Å². The molecule has 4 rings (SSSR count). The number of hydrogen-bond donors (Lipinski definition) is 2. The average molecular weight is 523 g/mol. The third-order valence-electron chi connectivity index (χ3n) is 6.26. The fraction of sp³-hybridized carbons (Fsp3) is 0.296. The van der Waals surface area contributed by atoms with Gasteiger partial charge in [0.15, 0.2) is 5.76 Å². The van der Waals surface area contributed by atoms with E-state index in [1.807, 2.05) is 24.3 Å². The van der Waals surface area contributed by atoms with Crippen LogP contribution in [-0.2, 0) is 12.8 Å². The summed E-state index contributed by atoms with van der Waals surface area (Å²) in [6, 6.07) is 11.6. The minimum absolute atomic E-state index is 0.0566. The first-order valence-electron chi connectivity index (χ1n) is 12.1. The smallest absolute Gasteiger partial charge is 0.291 e. The van der Waals surface area contributed by atoms with E-state index in [0.29, 0.717) is 41.1 Å². The summed E-state index contributed by atoms with van der Waals surface area (Å²) in [7, 11) is 0. The summed E-state index contributed by atoms with van der Waals surface area (Å²) >= 11 is 5.83. The number of furan rings is 1. The van der Waals surface area contributed by atoms with E-state index in [9.17, 15) is 19.7 Å². The van der Waals surface area contributed by atoms with Gasteiger partial charge in [-0.05, 0) is 62.4 Å². The molecule has 3 aromatic rings. The molecule has 9 nitrogen and oxygen atoms in total. The van der Waals surface area contributed by atoms with Crippen molar-refractivity contribution in [3.05, 3.63) is 91.4 Å². The van der Waals surface area contributed by atoms with E-state index in [1.165, 1.54) is 17.7 Å². The summed E-state index contributed by atoms with van der Waals surface area (Å²) in [6.07, 6.45) is 5.21. The van der Waals surface area contributed by atoms with Gasteiger partial charge in [-0.25, -0.2) is 5.43 Å². The largest absolute Gasteiger partial charge is 0.455 e. The van der Waals surface area contributed by atoms with E-state index < -0.39 is 10.8 Å². The summed E-state index contributed by atoms with van der Waals surface area (Å²) in [4.78, 5) is 36.1. The number of fused-ring (bicyclic) bond motifs is 1. The van der Waals surface area contributed by atoms with Gasteiger partial charge in [0.2, 0.25) is 0 Å². The number of nitro groups is 1. The molecule has 37 heavy (non-hydrogen) atoms. The molecule has 0 atom stereocenters. The molecule has 0 saturated carbocycles. The zero-order valence-corrected chi connectivity index (χ0v) is 21.4. The molecule has 2 aromatic carbocycles. The van der Waals surface area contributed by atoms with Crippen LogP contribution in [-0.4, -0.2) is 22.4 Å². The average Bonchev–Trinajstić information content (AvgIpc) is 3.24. The number of amides is 2. The van der Waals surface area contributed by atoms with Crippen LogP contribution >= 0.6 is 11.6 Å². The number of unbranched alkanes of at least 4 members (excludes halogenated alkanes) is 1. The Morgan fingerprint density at radius 1 is 1.14 bits per heavy atom. The third kappa shape index (κ3) is 5.89. The Bertz CT molecular complexity index is 1380. The van der Waals surface area contributed by atoms with Crippen molar-refractivity contribution < 1.29 is 18.9 Å². The number of rotatable bonds is 8. The van der Waals surface area contributed by atoms with E-state index in [2.05, 4.69) is 22.8 Å².